The SMILES string of the molecule is [C-]#[N+]CC1(c2ccc(O)cc2)CC1. The van der Waals surface area contributed by atoms with E-state index in [1.807, 2.05) is 12.1 Å². The van der Waals surface area contributed by atoms with E-state index < -0.39 is 0 Å². The van der Waals surface area contributed by atoms with Crippen LogP contribution in [0.5, 0.6) is 5.75 Å². The van der Waals surface area contributed by atoms with Gasteiger partial charge in [-0.3, -0.25) is 0 Å². The summed E-state index contributed by atoms with van der Waals surface area (Å²) in [6.45, 7) is 7.45. The average molecular weight is 173 g/mol. The van der Waals surface area contributed by atoms with E-state index >= 15 is 0 Å². The van der Waals surface area contributed by atoms with Gasteiger partial charge in [0.15, 0.2) is 0 Å². The molecule has 1 saturated carbocycles. The second kappa shape index (κ2) is 2.77. The van der Waals surface area contributed by atoms with E-state index in [9.17, 15) is 0 Å². The van der Waals surface area contributed by atoms with Crippen LogP contribution in [0.15, 0.2) is 24.3 Å². The first-order chi connectivity index (χ1) is 6.27. The molecule has 2 heteroatoms. The second-order valence-electron chi connectivity index (χ2n) is 3.64. The molecule has 0 heterocycles. The largest absolute Gasteiger partial charge is 0.508 e. The zero-order valence-electron chi connectivity index (χ0n) is 7.33. The van der Waals surface area contributed by atoms with Crippen LogP contribution in [0.25, 0.3) is 4.85 Å². The maximum atomic E-state index is 9.11. The fourth-order valence-electron chi connectivity index (χ4n) is 1.66. The molecule has 1 aromatic rings. The lowest BCUT2D eigenvalue weighted by Crippen LogP contribution is -2.08. The number of hydrogen-bond donors (Lipinski definition) is 1. The van der Waals surface area contributed by atoms with Crippen molar-refractivity contribution >= 4 is 0 Å². The first-order valence-electron chi connectivity index (χ1n) is 4.40. The van der Waals surface area contributed by atoms with Crippen molar-refractivity contribution in [2.24, 2.45) is 0 Å². The Morgan fingerprint density at radius 3 is 2.38 bits per heavy atom. The lowest BCUT2D eigenvalue weighted by atomic mass is 9.96. The Morgan fingerprint density at radius 2 is 1.92 bits per heavy atom. The molecule has 2 rings (SSSR count). The summed E-state index contributed by atoms with van der Waals surface area (Å²) in [4.78, 5) is 3.46. The molecule has 0 amide bonds. The van der Waals surface area contributed by atoms with Crippen molar-refractivity contribution in [3.63, 3.8) is 0 Å². The van der Waals surface area contributed by atoms with Crippen molar-refractivity contribution in [2.45, 2.75) is 18.3 Å². The molecule has 0 radical (unpaired) electrons. The summed E-state index contributed by atoms with van der Waals surface area (Å²) in [5, 5.41) is 9.11. The molecule has 0 aromatic heterocycles. The van der Waals surface area contributed by atoms with Crippen molar-refractivity contribution in [1.29, 1.82) is 0 Å². The van der Waals surface area contributed by atoms with E-state index in [1.54, 1.807) is 12.1 Å². The van der Waals surface area contributed by atoms with Crippen molar-refractivity contribution in [1.82, 2.24) is 0 Å². The standard InChI is InChI=1S/C11H11NO/c1-12-8-11(6-7-11)9-2-4-10(13)5-3-9/h2-5,13H,6-8H2. The number of aromatic hydroxyl groups is 1. The normalized spacial score (nSPS) is 17.8. The summed E-state index contributed by atoms with van der Waals surface area (Å²) in [6.07, 6.45) is 2.22. The maximum absolute atomic E-state index is 9.11. The van der Waals surface area contributed by atoms with Crippen LogP contribution in [0.1, 0.15) is 18.4 Å². The molecule has 1 aliphatic carbocycles. The molecule has 1 aromatic carbocycles. The lowest BCUT2D eigenvalue weighted by Gasteiger charge is -2.07. The summed E-state index contributed by atoms with van der Waals surface area (Å²) in [7, 11) is 0. The minimum Gasteiger partial charge on any atom is -0.508 e. The van der Waals surface area contributed by atoms with Crippen LogP contribution < -0.4 is 0 Å². The van der Waals surface area contributed by atoms with Crippen molar-refractivity contribution in [3.05, 3.63) is 41.2 Å². The fraction of sp³-hybridized carbons (Fsp3) is 0.364. The topological polar surface area (TPSA) is 24.6 Å². The summed E-state index contributed by atoms with van der Waals surface area (Å²) in [6, 6.07) is 7.24. The number of benzene rings is 1. The van der Waals surface area contributed by atoms with E-state index in [1.165, 1.54) is 5.56 Å². The minimum atomic E-state index is 0.120. The van der Waals surface area contributed by atoms with Gasteiger partial charge in [-0.2, -0.15) is 0 Å². The molecule has 66 valence electrons. The summed E-state index contributed by atoms with van der Waals surface area (Å²) >= 11 is 0. The molecule has 0 spiro atoms. The predicted octanol–water partition coefficient (Wildman–Crippen LogP) is 2.34. The minimum absolute atomic E-state index is 0.120. The summed E-state index contributed by atoms with van der Waals surface area (Å²) in [5.41, 5.74) is 1.32. The maximum Gasteiger partial charge on any atom is 0.224 e. The summed E-state index contributed by atoms with van der Waals surface area (Å²) in [5.74, 6) is 0.294. The van der Waals surface area contributed by atoms with Gasteiger partial charge >= 0.3 is 0 Å². The number of nitrogens with zero attached hydrogens (tertiary/aromatic N) is 1. The third-order valence-corrected chi connectivity index (χ3v) is 2.71. The van der Waals surface area contributed by atoms with E-state index in [0.29, 0.717) is 12.3 Å². The van der Waals surface area contributed by atoms with Crippen LogP contribution in [-0.4, -0.2) is 11.7 Å². The van der Waals surface area contributed by atoms with Gasteiger partial charge in [0.25, 0.3) is 0 Å². The fourth-order valence-corrected chi connectivity index (χ4v) is 1.66. The predicted molar refractivity (Wildman–Crippen MR) is 50.5 cm³/mol. The average Bonchev–Trinajstić information content (AvgIpc) is 2.87. The number of hydrogen-bond acceptors (Lipinski definition) is 1. The quantitative estimate of drug-likeness (QED) is 0.682. The van der Waals surface area contributed by atoms with Crippen LogP contribution in [0, 0.1) is 6.57 Å². The Kier molecular flexibility index (Phi) is 1.73. The highest BCUT2D eigenvalue weighted by molar-refractivity contribution is 5.36. The highest BCUT2D eigenvalue weighted by atomic mass is 16.3. The zero-order chi connectivity index (χ0) is 9.31. The number of rotatable bonds is 2. The van der Waals surface area contributed by atoms with Crippen LogP contribution in [0.3, 0.4) is 0 Å². The van der Waals surface area contributed by atoms with Gasteiger partial charge < -0.3 is 9.95 Å². The third-order valence-electron chi connectivity index (χ3n) is 2.71. The van der Waals surface area contributed by atoms with E-state index in [2.05, 4.69) is 4.85 Å². The number of phenols is 1. The Bertz CT molecular complexity index is 343. The molecule has 0 unspecified atom stereocenters. The molecule has 0 bridgehead atoms. The van der Waals surface area contributed by atoms with Crippen molar-refractivity contribution in [2.75, 3.05) is 6.54 Å². The van der Waals surface area contributed by atoms with Gasteiger partial charge in [-0.1, -0.05) is 12.1 Å². The molecule has 0 aliphatic heterocycles. The lowest BCUT2D eigenvalue weighted by molar-refractivity contribution is 0.475. The Balaban J connectivity index is 2.26. The van der Waals surface area contributed by atoms with Gasteiger partial charge in [0.2, 0.25) is 6.54 Å². The second-order valence-corrected chi connectivity index (χ2v) is 3.64. The third kappa shape index (κ3) is 1.38. The van der Waals surface area contributed by atoms with E-state index in [4.69, 9.17) is 11.7 Å². The van der Waals surface area contributed by atoms with Gasteiger partial charge in [-0.05, 0) is 30.5 Å². The van der Waals surface area contributed by atoms with Crippen LogP contribution >= 0.6 is 0 Å². The molecular weight excluding hydrogens is 162 g/mol. The van der Waals surface area contributed by atoms with Gasteiger partial charge in [-0.15, -0.1) is 0 Å². The van der Waals surface area contributed by atoms with E-state index in [-0.39, 0.29) is 5.41 Å². The highest BCUT2D eigenvalue weighted by Crippen LogP contribution is 2.48. The summed E-state index contributed by atoms with van der Waals surface area (Å²) < 4.78 is 0. The Morgan fingerprint density at radius 1 is 1.31 bits per heavy atom. The first kappa shape index (κ1) is 8.12. The van der Waals surface area contributed by atoms with Crippen LogP contribution in [-0.2, 0) is 5.41 Å². The van der Waals surface area contributed by atoms with Crippen molar-refractivity contribution < 1.29 is 5.11 Å². The molecular formula is C11H11NO. The van der Waals surface area contributed by atoms with Gasteiger partial charge in [0.1, 0.15) is 5.75 Å². The highest BCUT2D eigenvalue weighted by Gasteiger charge is 2.47. The van der Waals surface area contributed by atoms with Crippen LogP contribution in [0.2, 0.25) is 0 Å². The molecule has 13 heavy (non-hydrogen) atoms. The molecule has 2 nitrogen and oxygen atoms in total. The smallest absolute Gasteiger partial charge is 0.224 e. The first-order valence-corrected chi connectivity index (χ1v) is 4.40. The van der Waals surface area contributed by atoms with Gasteiger partial charge in [0, 0.05) is 0 Å². The molecule has 0 atom stereocenters. The molecule has 1 N–H and O–H groups in total. The molecule has 1 aliphatic rings. The molecule has 1 fully saturated rings. The van der Waals surface area contributed by atoms with Gasteiger partial charge in [0.05, 0.1) is 5.41 Å². The molecule has 0 saturated heterocycles. The van der Waals surface area contributed by atoms with Crippen molar-refractivity contribution in [3.8, 4) is 5.75 Å². The van der Waals surface area contributed by atoms with E-state index in [0.717, 1.165) is 12.8 Å². The number of phenolic OH excluding ortho intramolecular Hbond substituents is 1. The van der Waals surface area contributed by atoms with Gasteiger partial charge in [-0.25, -0.2) is 6.57 Å². The van der Waals surface area contributed by atoms with Crippen LogP contribution in [0.4, 0.5) is 0 Å². The monoisotopic (exact) mass is 173 g/mol. The Labute approximate surface area is 77.6 Å². The zero-order valence-corrected chi connectivity index (χ0v) is 7.33. The Hall–Kier alpha value is -1.49.